The normalized spacial score (nSPS) is 21.3. The Morgan fingerprint density at radius 1 is 1.40 bits per heavy atom. The van der Waals surface area contributed by atoms with Crippen LogP contribution in [-0.4, -0.2) is 64.0 Å². The fourth-order valence-corrected chi connectivity index (χ4v) is 3.21. The fourth-order valence-electron chi connectivity index (χ4n) is 3.21. The van der Waals surface area contributed by atoms with Gasteiger partial charge >= 0.3 is 0 Å². The molecule has 1 fully saturated rings. The monoisotopic (exact) mass is 345 g/mol. The molecule has 0 aromatic carbocycles. The lowest BCUT2D eigenvalue weighted by Gasteiger charge is -2.39. The van der Waals surface area contributed by atoms with Crippen LogP contribution in [0.2, 0.25) is 0 Å². The largest absolute Gasteiger partial charge is 0.390 e. The van der Waals surface area contributed by atoms with Crippen molar-refractivity contribution in [2.24, 2.45) is 0 Å². The van der Waals surface area contributed by atoms with Gasteiger partial charge in [-0.3, -0.25) is 4.98 Å². The van der Waals surface area contributed by atoms with Crippen LogP contribution >= 0.6 is 0 Å². The lowest BCUT2D eigenvalue weighted by atomic mass is 10.0. The maximum Gasteiger partial charge on any atom is 0.266 e. The van der Waals surface area contributed by atoms with Gasteiger partial charge in [0.05, 0.1) is 6.10 Å². The summed E-state index contributed by atoms with van der Waals surface area (Å²) in [6.07, 6.45) is 3.13. The van der Waals surface area contributed by atoms with Crippen molar-refractivity contribution in [2.75, 3.05) is 31.6 Å². The van der Waals surface area contributed by atoms with Crippen molar-refractivity contribution in [3.63, 3.8) is 0 Å². The summed E-state index contributed by atoms with van der Waals surface area (Å²) in [5, 5.41) is 14.6. The van der Waals surface area contributed by atoms with Gasteiger partial charge in [-0.1, -0.05) is 19.9 Å². The predicted octanol–water partition coefficient (Wildman–Crippen LogP) is 1.70. The van der Waals surface area contributed by atoms with Crippen LogP contribution in [0.5, 0.6) is 0 Å². The number of β-amino-alcohol motifs (C(OH)–C–C–N with tert-alkyl or cyclic N) is 1. The molecule has 2 atom stereocenters. The van der Waals surface area contributed by atoms with Gasteiger partial charge in [-0.2, -0.15) is 4.98 Å². The summed E-state index contributed by atoms with van der Waals surface area (Å²) in [7, 11) is 2.07. The second-order valence-electron chi connectivity index (χ2n) is 7.01. The third kappa shape index (κ3) is 4.35. The molecule has 0 radical (unpaired) electrons. The Kier molecular flexibility index (Phi) is 5.65. The van der Waals surface area contributed by atoms with Gasteiger partial charge in [-0.15, -0.1) is 0 Å². The highest BCUT2D eigenvalue weighted by atomic mass is 16.5. The average Bonchev–Trinajstić information content (AvgIpc) is 3.11. The number of aliphatic hydroxyl groups excluding tert-OH is 1. The van der Waals surface area contributed by atoms with Crippen LogP contribution in [-0.2, 0) is 6.42 Å². The molecular weight excluding hydrogens is 318 g/mol. The van der Waals surface area contributed by atoms with Crippen LogP contribution in [0.25, 0.3) is 0 Å². The zero-order valence-electron chi connectivity index (χ0n) is 15.2. The molecule has 3 rings (SSSR count). The first-order valence-corrected chi connectivity index (χ1v) is 8.91. The van der Waals surface area contributed by atoms with Crippen LogP contribution in [0.15, 0.2) is 28.9 Å². The minimum absolute atomic E-state index is 0.136. The number of pyridine rings is 1. The first kappa shape index (κ1) is 17.8. The third-order valence-corrected chi connectivity index (χ3v) is 4.77. The summed E-state index contributed by atoms with van der Waals surface area (Å²) >= 11 is 0. The average molecular weight is 345 g/mol. The van der Waals surface area contributed by atoms with Gasteiger partial charge in [0.1, 0.15) is 0 Å². The smallest absolute Gasteiger partial charge is 0.266 e. The molecule has 0 aliphatic carbocycles. The summed E-state index contributed by atoms with van der Waals surface area (Å²) < 4.78 is 5.27. The van der Waals surface area contributed by atoms with Crippen molar-refractivity contribution >= 4 is 5.95 Å². The van der Waals surface area contributed by atoms with E-state index in [4.69, 9.17) is 4.52 Å². The maximum absolute atomic E-state index is 10.6. The number of aromatic nitrogens is 3. The van der Waals surface area contributed by atoms with E-state index in [-0.39, 0.29) is 12.0 Å². The Morgan fingerprint density at radius 2 is 2.24 bits per heavy atom. The van der Waals surface area contributed by atoms with Crippen molar-refractivity contribution in [1.29, 1.82) is 0 Å². The molecule has 3 heterocycles. The van der Waals surface area contributed by atoms with Crippen molar-refractivity contribution in [3.05, 3.63) is 36.0 Å². The second kappa shape index (κ2) is 7.93. The molecule has 7 nitrogen and oxygen atoms in total. The van der Waals surface area contributed by atoms with E-state index in [9.17, 15) is 5.11 Å². The molecule has 136 valence electrons. The van der Waals surface area contributed by atoms with Gasteiger partial charge in [-0.05, 0) is 30.8 Å². The minimum atomic E-state index is -0.441. The predicted molar refractivity (Wildman–Crippen MR) is 95.6 cm³/mol. The highest BCUT2D eigenvalue weighted by Gasteiger charge is 2.32. The van der Waals surface area contributed by atoms with E-state index in [1.807, 2.05) is 43.1 Å². The third-order valence-electron chi connectivity index (χ3n) is 4.77. The Hall–Kier alpha value is -1.99. The number of likely N-dealkylation sites (N-methyl/N-ethyl adjacent to an activating group) is 1. The van der Waals surface area contributed by atoms with Crippen molar-refractivity contribution in [2.45, 2.75) is 44.8 Å². The quantitative estimate of drug-likeness (QED) is 0.853. The molecule has 0 bridgehead atoms. The molecule has 2 aromatic rings. The summed E-state index contributed by atoms with van der Waals surface area (Å²) in [4.78, 5) is 13.0. The van der Waals surface area contributed by atoms with Gasteiger partial charge in [0.25, 0.3) is 5.95 Å². The van der Waals surface area contributed by atoms with Gasteiger partial charge in [-0.25, -0.2) is 0 Å². The van der Waals surface area contributed by atoms with Crippen molar-refractivity contribution in [3.8, 4) is 0 Å². The summed E-state index contributed by atoms with van der Waals surface area (Å²) in [6, 6.07) is 6.10. The first-order valence-electron chi connectivity index (χ1n) is 8.91. The van der Waals surface area contributed by atoms with E-state index in [0.717, 1.165) is 31.6 Å². The van der Waals surface area contributed by atoms with Crippen LogP contribution in [0.3, 0.4) is 0 Å². The number of aliphatic hydroxyl groups is 1. The van der Waals surface area contributed by atoms with Gasteiger partial charge in [0.15, 0.2) is 0 Å². The zero-order chi connectivity index (χ0) is 17.8. The molecule has 0 spiro atoms. The van der Waals surface area contributed by atoms with Crippen LogP contribution in [0, 0.1) is 0 Å². The number of piperidine rings is 1. The molecule has 1 aliphatic rings. The minimum Gasteiger partial charge on any atom is -0.390 e. The molecule has 7 heteroatoms. The molecule has 1 aliphatic heterocycles. The topological polar surface area (TPSA) is 78.5 Å². The zero-order valence-corrected chi connectivity index (χ0v) is 15.2. The molecule has 2 aromatic heterocycles. The molecule has 1 N–H and O–H groups in total. The Labute approximate surface area is 148 Å². The molecule has 0 unspecified atom stereocenters. The van der Waals surface area contributed by atoms with E-state index < -0.39 is 6.10 Å². The number of rotatable bonds is 6. The highest BCUT2D eigenvalue weighted by Crippen LogP contribution is 2.22. The Balaban J connectivity index is 1.53. The van der Waals surface area contributed by atoms with Crippen LogP contribution < -0.4 is 4.90 Å². The highest BCUT2D eigenvalue weighted by molar-refractivity contribution is 5.30. The van der Waals surface area contributed by atoms with Gasteiger partial charge in [0, 0.05) is 49.9 Å². The number of nitrogens with zero attached hydrogens (tertiary/aromatic N) is 5. The molecular formula is C18H27N5O2. The van der Waals surface area contributed by atoms with E-state index in [0.29, 0.717) is 18.4 Å². The summed E-state index contributed by atoms with van der Waals surface area (Å²) in [5.41, 5.74) is 1.08. The van der Waals surface area contributed by atoms with Crippen LogP contribution in [0.1, 0.15) is 37.8 Å². The fraction of sp³-hybridized carbons (Fsp3) is 0.611. The van der Waals surface area contributed by atoms with Gasteiger partial charge in [0.2, 0.25) is 5.89 Å². The Morgan fingerprint density at radius 3 is 2.88 bits per heavy atom. The number of anilines is 1. The van der Waals surface area contributed by atoms with E-state index in [2.05, 4.69) is 27.1 Å². The van der Waals surface area contributed by atoms with Gasteiger partial charge < -0.3 is 19.4 Å². The Bertz CT molecular complexity index is 660. The van der Waals surface area contributed by atoms with E-state index >= 15 is 0 Å². The van der Waals surface area contributed by atoms with E-state index in [1.165, 1.54) is 0 Å². The van der Waals surface area contributed by atoms with Crippen LogP contribution in [0.4, 0.5) is 5.95 Å². The first-order chi connectivity index (χ1) is 12.0. The van der Waals surface area contributed by atoms with E-state index in [1.54, 1.807) is 0 Å². The number of hydrogen-bond donors (Lipinski definition) is 1. The molecule has 25 heavy (non-hydrogen) atoms. The van der Waals surface area contributed by atoms with Crippen molar-refractivity contribution < 1.29 is 9.63 Å². The van der Waals surface area contributed by atoms with Crippen molar-refractivity contribution in [1.82, 2.24) is 20.0 Å². The lowest BCUT2D eigenvalue weighted by molar-refractivity contribution is 0.0505. The second-order valence-corrected chi connectivity index (χ2v) is 7.01. The molecule has 0 amide bonds. The standard InChI is InChI=1S/C18H27N5O2/c1-13(2)17-20-18(21-25-17)23-11-8-15(16(24)12-23)22(3)10-7-14-6-4-5-9-19-14/h4-6,9,13,15-16,24H,7-8,10-12H2,1-3H3/t15-,16-/m1/s1. The lowest BCUT2D eigenvalue weighted by Crippen LogP contribution is -2.53. The number of hydrogen-bond acceptors (Lipinski definition) is 7. The molecule has 1 saturated heterocycles. The SMILES string of the molecule is CC(C)c1nc(N2CC[C@@H](N(C)CCc3ccccn3)[C@H](O)C2)no1. The summed E-state index contributed by atoms with van der Waals surface area (Å²) in [6.45, 7) is 6.25. The summed E-state index contributed by atoms with van der Waals surface area (Å²) in [5.74, 6) is 1.43. The maximum atomic E-state index is 10.6. The molecule has 0 saturated carbocycles.